The number of anilines is 2. The minimum atomic E-state index is 0.147. The van der Waals surface area contributed by atoms with Crippen LogP contribution in [0.25, 0.3) is 0 Å². The molecule has 4 heterocycles. The predicted molar refractivity (Wildman–Crippen MR) is 110 cm³/mol. The third-order valence-corrected chi connectivity index (χ3v) is 6.60. The molecule has 6 nitrogen and oxygen atoms in total. The minimum Gasteiger partial charge on any atom is -0.352 e. The van der Waals surface area contributed by atoms with Gasteiger partial charge in [0, 0.05) is 38.8 Å². The number of hydrogen-bond donors (Lipinski definition) is 0. The van der Waals surface area contributed by atoms with E-state index in [1.807, 2.05) is 23.3 Å². The second-order valence-electron chi connectivity index (χ2n) is 7.56. The molecule has 7 heteroatoms. The first kappa shape index (κ1) is 18.2. The summed E-state index contributed by atoms with van der Waals surface area (Å²) in [5, 5.41) is 11.0. The normalized spacial score (nSPS) is 20.8. The Balaban J connectivity index is 1.36. The van der Waals surface area contributed by atoms with E-state index in [4.69, 9.17) is 0 Å². The maximum atomic E-state index is 12.6. The maximum Gasteiger partial charge on any atom is 0.264 e. The number of amides is 1. The van der Waals surface area contributed by atoms with Crippen LogP contribution >= 0.6 is 11.3 Å². The van der Waals surface area contributed by atoms with Gasteiger partial charge in [-0.15, -0.1) is 21.5 Å². The summed E-state index contributed by atoms with van der Waals surface area (Å²) in [4.78, 5) is 20.0. The molecule has 0 aromatic carbocycles. The molecule has 1 atom stereocenters. The smallest absolute Gasteiger partial charge is 0.264 e. The highest BCUT2D eigenvalue weighted by atomic mass is 32.1. The first-order valence-electron chi connectivity index (χ1n) is 9.81. The lowest BCUT2D eigenvalue weighted by atomic mass is 10.0. The average Bonchev–Trinajstić information content (AvgIpc) is 3.14. The fourth-order valence-corrected chi connectivity index (χ4v) is 4.78. The van der Waals surface area contributed by atoms with Gasteiger partial charge in [-0.25, -0.2) is 0 Å². The summed E-state index contributed by atoms with van der Waals surface area (Å²) in [6.45, 7) is 8.40. The molecule has 1 unspecified atom stereocenters. The fourth-order valence-electron chi connectivity index (χ4n) is 3.92. The minimum absolute atomic E-state index is 0.147. The van der Waals surface area contributed by atoms with Crippen LogP contribution in [0.3, 0.4) is 0 Å². The number of carbonyl (C=O) groups excluding carboxylic acids is 1. The highest BCUT2D eigenvalue weighted by Gasteiger charge is 2.25. The second-order valence-corrected chi connectivity index (χ2v) is 8.47. The van der Waals surface area contributed by atoms with Crippen molar-refractivity contribution >= 4 is 28.9 Å². The zero-order valence-electron chi connectivity index (χ0n) is 16.1. The molecule has 1 amide bonds. The molecule has 2 aromatic rings. The Morgan fingerprint density at radius 3 is 2.44 bits per heavy atom. The molecule has 144 valence electrons. The van der Waals surface area contributed by atoms with Crippen LogP contribution in [0.5, 0.6) is 0 Å². The van der Waals surface area contributed by atoms with Crippen LogP contribution in [0.15, 0.2) is 23.6 Å². The van der Waals surface area contributed by atoms with E-state index in [1.165, 1.54) is 30.6 Å². The molecular formula is C20H27N5OS. The first-order valence-corrected chi connectivity index (χ1v) is 10.7. The molecule has 27 heavy (non-hydrogen) atoms. The predicted octanol–water partition coefficient (Wildman–Crippen LogP) is 3.19. The van der Waals surface area contributed by atoms with Crippen molar-refractivity contribution in [3.8, 4) is 0 Å². The number of piperazine rings is 1. The fraction of sp³-hybridized carbons (Fsp3) is 0.550. The molecular weight excluding hydrogens is 358 g/mol. The molecule has 0 saturated carbocycles. The van der Waals surface area contributed by atoms with Gasteiger partial charge in [-0.05, 0) is 62.3 Å². The third kappa shape index (κ3) is 3.93. The number of piperidine rings is 1. The van der Waals surface area contributed by atoms with Gasteiger partial charge in [0.1, 0.15) is 0 Å². The van der Waals surface area contributed by atoms with Gasteiger partial charge in [0.15, 0.2) is 11.6 Å². The molecule has 0 N–H and O–H groups in total. The SMILES string of the molecule is Cc1csc(C(=O)N2CCN(c3ccc(N4CCCCC4C)nn3)CC2)c1. The molecule has 4 rings (SSSR count). The van der Waals surface area contributed by atoms with Gasteiger partial charge in [-0.1, -0.05) is 0 Å². The summed E-state index contributed by atoms with van der Waals surface area (Å²) in [7, 11) is 0. The Hall–Kier alpha value is -2.15. The van der Waals surface area contributed by atoms with E-state index in [-0.39, 0.29) is 5.91 Å². The van der Waals surface area contributed by atoms with Gasteiger partial charge in [0.05, 0.1) is 4.88 Å². The number of carbonyl (C=O) groups is 1. The van der Waals surface area contributed by atoms with Crippen molar-refractivity contribution in [2.75, 3.05) is 42.5 Å². The van der Waals surface area contributed by atoms with E-state index in [9.17, 15) is 4.79 Å². The Labute approximate surface area is 164 Å². The van der Waals surface area contributed by atoms with Crippen molar-refractivity contribution in [3.05, 3.63) is 34.0 Å². The lowest BCUT2D eigenvalue weighted by Gasteiger charge is -2.36. The van der Waals surface area contributed by atoms with E-state index >= 15 is 0 Å². The van der Waals surface area contributed by atoms with Gasteiger partial charge in [0.2, 0.25) is 0 Å². The van der Waals surface area contributed by atoms with Gasteiger partial charge in [-0.2, -0.15) is 0 Å². The zero-order chi connectivity index (χ0) is 18.8. The van der Waals surface area contributed by atoms with Crippen LogP contribution in [-0.2, 0) is 0 Å². The van der Waals surface area contributed by atoms with Crippen LogP contribution in [0.2, 0.25) is 0 Å². The van der Waals surface area contributed by atoms with Crippen LogP contribution in [-0.4, -0.2) is 59.8 Å². The third-order valence-electron chi connectivity index (χ3n) is 5.57. The number of aromatic nitrogens is 2. The lowest BCUT2D eigenvalue weighted by molar-refractivity contribution is 0.0751. The van der Waals surface area contributed by atoms with Crippen LogP contribution in [0, 0.1) is 6.92 Å². The number of aryl methyl sites for hydroxylation is 1. The first-order chi connectivity index (χ1) is 13.1. The van der Waals surface area contributed by atoms with Crippen LogP contribution in [0.1, 0.15) is 41.4 Å². The number of nitrogens with zero attached hydrogens (tertiary/aromatic N) is 5. The summed E-state index contributed by atoms with van der Waals surface area (Å²) in [5.74, 6) is 2.03. The lowest BCUT2D eigenvalue weighted by Crippen LogP contribution is -2.49. The van der Waals surface area contributed by atoms with Gasteiger partial charge >= 0.3 is 0 Å². The molecule has 2 saturated heterocycles. The Kier molecular flexibility index (Phi) is 5.29. The van der Waals surface area contributed by atoms with E-state index < -0.39 is 0 Å². The van der Waals surface area contributed by atoms with Crippen LogP contribution < -0.4 is 9.80 Å². The highest BCUT2D eigenvalue weighted by Crippen LogP contribution is 2.24. The highest BCUT2D eigenvalue weighted by molar-refractivity contribution is 7.12. The molecule has 0 radical (unpaired) electrons. The summed E-state index contributed by atoms with van der Waals surface area (Å²) < 4.78 is 0. The zero-order valence-corrected chi connectivity index (χ0v) is 16.9. The summed E-state index contributed by atoms with van der Waals surface area (Å²) in [6.07, 6.45) is 3.76. The van der Waals surface area contributed by atoms with Crippen LogP contribution in [0.4, 0.5) is 11.6 Å². The van der Waals surface area contributed by atoms with E-state index in [0.717, 1.165) is 54.8 Å². The standard InChI is InChI=1S/C20H27N5OS/c1-15-13-17(27-14-15)20(26)24-11-9-23(10-12-24)18-6-7-19(22-21-18)25-8-4-3-5-16(25)2/h6-7,13-14,16H,3-5,8-12H2,1-2H3. The molecule has 0 aliphatic carbocycles. The van der Waals surface area contributed by atoms with Crippen molar-refractivity contribution in [1.29, 1.82) is 0 Å². The van der Waals surface area contributed by atoms with Crippen molar-refractivity contribution < 1.29 is 4.79 Å². The molecule has 2 fully saturated rings. The van der Waals surface area contributed by atoms with Gasteiger partial charge in [-0.3, -0.25) is 4.79 Å². The van der Waals surface area contributed by atoms with Gasteiger partial charge < -0.3 is 14.7 Å². The van der Waals surface area contributed by atoms with Crippen molar-refractivity contribution in [2.24, 2.45) is 0 Å². The van der Waals surface area contributed by atoms with Gasteiger partial charge in [0.25, 0.3) is 5.91 Å². The molecule has 0 bridgehead atoms. The topological polar surface area (TPSA) is 52.6 Å². The molecule has 2 aliphatic rings. The number of thiophene rings is 1. The molecule has 2 aliphatic heterocycles. The van der Waals surface area contributed by atoms with E-state index in [0.29, 0.717) is 6.04 Å². The second kappa shape index (κ2) is 7.84. The number of rotatable bonds is 3. The summed E-state index contributed by atoms with van der Waals surface area (Å²) in [6, 6.07) is 6.68. The van der Waals surface area contributed by atoms with Crippen molar-refractivity contribution in [1.82, 2.24) is 15.1 Å². The Morgan fingerprint density at radius 1 is 1.07 bits per heavy atom. The van der Waals surface area contributed by atoms with Crippen molar-refractivity contribution in [2.45, 2.75) is 39.2 Å². The maximum absolute atomic E-state index is 12.6. The molecule has 0 spiro atoms. The van der Waals surface area contributed by atoms with E-state index in [1.54, 1.807) is 0 Å². The Bertz CT molecular complexity index is 782. The molecule has 2 aromatic heterocycles. The summed E-state index contributed by atoms with van der Waals surface area (Å²) >= 11 is 1.53. The Morgan fingerprint density at radius 2 is 1.81 bits per heavy atom. The quantitative estimate of drug-likeness (QED) is 0.812. The number of hydrogen-bond acceptors (Lipinski definition) is 6. The van der Waals surface area contributed by atoms with E-state index in [2.05, 4.69) is 39.1 Å². The largest absolute Gasteiger partial charge is 0.352 e. The summed E-state index contributed by atoms with van der Waals surface area (Å²) in [5.41, 5.74) is 1.15. The average molecular weight is 386 g/mol. The monoisotopic (exact) mass is 385 g/mol. The van der Waals surface area contributed by atoms with Crippen molar-refractivity contribution in [3.63, 3.8) is 0 Å².